The van der Waals surface area contributed by atoms with Crippen LogP contribution in [0.15, 0.2) is 48.5 Å². The summed E-state index contributed by atoms with van der Waals surface area (Å²) >= 11 is 0. The van der Waals surface area contributed by atoms with Crippen molar-refractivity contribution in [2.75, 3.05) is 38.8 Å². The largest absolute Gasteiger partial charge is 0.497 e. The van der Waals surface area contributed by atoms with Crippen LogP contribution < -0.4 is 14.4 Å². The maximum Gasteiger partial charge on any atom is 0.227 e. The number of rotatable bonds is 8. The number of methoxy groups -OCH3 is 2. The maximum atomic E-state index is 12.9. The summed E-state index contributed by atoms with van der Waals surface area (Å²) in [6.07, 6.45) is 3.48. The highest BCUT2D eigenvalue weighted by atomic mass is 16.5. The molecule has 29 heavy (non-hydrogen) atoms. The molecule has 0 unspecified atom stereocenters. The van der Waals surface area contributed by atoms with Crippen molar-refractivity contribution in [3.8, 4) is 11.5 Å². The molecule has 0 atom stereocenters. The minimum Gasteiger partial charge on any atom is -0.497 e. The molecule has 3 rings (SSSR count). The second kappa shape index (κ2) is 10.3. The minimum absolute atomic E-state index is 0.135. The molecule has 1 amide bonds. The molecule has 0 N–H and O–H groups in total. The van der Waals surface area contributed by atoms with Crippen molar-refractivity contribution in [1.29, 1.82) is 0 Å². The zero-order chi connectivity index (χ0) is 20.6. The predicted molar refractivity (Wildman–Crippen MR) is 117 cm³/mol. The van der Waals surface area contributed by atoms with Crippen molar-refractivity contribution in [2.24, 2.45) is 0 Å². The Morgan fingerprint density at radius 3 is 2.41 bits per heavy atom. The Balaban J connectivity index is 1.67. The molecule has 5 nitrogen and oxygen atoms in total. The molecule has 1 aliphatic rings. The van der Waals surface area contributed by atoms with Gasteiger partial charge in [0.2, 0.25) is 5.91 Å². The zero-order valence-corrected chi connectivity index (χ0v) is 17.8. The van der Waals surface area contributed by atoms with Crippen molar-refractivity contribution in [1.82, 2.24) is 4.90 Å². The van der Waals surface area contributed by atoms with Gasteiger partial charge in [-0.3, -0.25) is 4.79 Å². The van der Waals surface area contributed by atoms with Gasteiger partial charge in [-0.1, -0.05) is 37.3 Å². The monoisotopic (exact) mass is 396 g/mol. The number of piperidine rings is 1. The van der Waals surface area contributed by atoms with Crippen LogP contribution in [0.1, 0.15) is 31.7 Å². The van der Waals surface area contributed by atoms with Gasteiger partial charge in [-0.05, 0) is 37.0 Å². The van der Waals surface area contributed by atoms with Crippen LogP contribution in [-0.4, -0.2) is 50.7 Å². The summed E-state index contributed by atoms with van der Waals surface area (Å²) in [6.45, 7) is 4.98. The molecule has 1 heterocycles. The van der Waals surface area contributed by atoms with Gasteiger partial charge >= 0.3 is 0 Å². The van der Waals surface area contributed by atoms with Gasteiger partial charge in [0.15, 0.2) is 0 Å². The number of benzene rings is 2. The number of likely N-dealkylation sites (tertiary alicyclic amines) is 1. The second-order valence-corrected chi connectivity index (χ2v) is 7.46. The molecule has 2 aromatic carbocycles. The number of hydrogen-bond donors (Lipinski definition) is 0. The summed E-state index contributed by atoms with van der Waals surface area (Å²) in [6, 6.07) is 16.5. The smallest absolute Gasteiger partial charge is 0.227 e. The molecule has 0 radical (unpaired) electrons. The van der Waals surface area contributed by atoms with E-state index in [1.807, 2.05) is 30.0 Å². The fourth-order valence-corrected chi connectivity index (χ4v) is 4.02. The first-order valence-electron chi connectivity index (χ1n) is 10.5. The normalized spacial score (nSPS) is 15.1. The molecular weight excluding hydrogens is 364 g/mol. The lowest BCUT2D eigenvalue weighted by atomic mass is 10.0. The standard InChI is InChI=1S/C24H32N2O3/c1-4-24(27)26(22-11-10-21(28-2)18-23(22)29-3)20-13-16-25(17-14-20)15-12-19-8-6-5-7-9-19/h5-11,18,20H,4,12-17H2,1-3H3. The van der Waals surface area contributed by atoms with E-state index >= 15 is 0 Å². The molecular formula is C24H32N2O3. The average Bonchev–Trinajstić information content (AvgIpc) is 2.79. The van der Waals surface area contributed by atoms with Gasteiger partial charge < -0.3 is 19.3 Å². The molecule has 1 saturated heterocycles. The lowest BCUT2D eigenvalue weighted by Gasteiger charge is -2.39. The lowest BCUT2D eigenvalue weighted by Crippen LogP contribution is -2.48. The minimum atomic E-state index is 0.135. The van der Waals surface area contributed by atoms with Gasteiger partial charge in [0.25, 0.3) is 0 Å². The van der Waals surface area contributed by atoms with E-state index in [1.165, 1.54) is 5.56 Å². The molecule has 0 spiro atoms. The summed E-state index contributed by atoms with van der Waals surface area (Å²) in [5.41, 5.74) is 2.21. The average molecular weight is 397 g/mol. The number of carbonyl (C=O) groups is 1. The maximum absolute atomic E-state index is 12.9. The van der Waals surface area contributed by atoms with Gasteiger partial charge in [0, 0.05) is 38.2 Å². The number of ether oxygens (including phenoxy) is 2. The fourth-order valence-electron chi connectivity index (χ4n) is 4.02. The first kappa shape index (κ1) is 21.2. The number of amides is 1. The van der Waals surface area contributed by atoms with Crippen LogP contribution in [0.2, 0.25) is 0 Å². The quantitative estimate of drug-likeness (QED) is 0.672. The fraction of sp³-hybridized carbons (Fsp3) is 0.458. The molecule has 1 aliphatic heterocycles. The summed E-state index contributed by atoms with van der Waals surface area (Å²) in [5, 5.41) is 0. The van der Waals surface area contributed by atoms with Crippen molar-refractivity contribution in [3.63, 3.8) is 0 Å². The van der Waals surface area contributed by atoms with E-state index in [4.69, 9.17) is 9.47 Å². The number of nitrogens with zero attached hydrogens (tertiary/aromatic N) is 2. The van der Waals surface area contributed by atoms with E-state index < -0.39 is 0 Å². The highest BCUT2D eigenvalue weighted by Gasteiger charge is 2.30. The predicted octanol–water partition coefficient (Wildman–Crippen LogP) is 4.15. The SMILES string of the molecule is CCC(=O)N(c1ccc(OC)cc1OC)C1CCN(CCc2ccccc2)CC1. The molecule has 0 saturated carbocycles. The van der Waals surface area contributed by atoms with Crippen molar-refractivity contribution >= 4 is 11.6 Å². The molecule has 1 fully saturated rings. The Bertz CT molecular complexity index is 786. The summed E-state index contributed by atoms with van der Waals surface area (Å²) in [4.78, 5) is 17.3. The number of anilines is 1. The van der Waals surface area contributed by atoms with E-state index in [1.54, 1.807) is 14.2 Å². The van der Waals surface area contributed by atoms with Gasteiger partial charge in [0.1, 0.15) is 11.5 Å². The van der Waals surface area contributed by atoms with Crippen molar-refractivity contribution < 1.29 is 14.3 Å². The molecule has 0 aliphatic carbocycles. The van der Waals surface area contributed by atoms with E-state index in [-0.39, 0.29) is 11.9 Å². The Labute approximate surface area is 174 Å². The van der Waals surface area contributed by atoms with Crippen LogP contribution in [-0.2, 0) is 11.2 Å². The summed E-state index contributed by atoms with van der Waals surface area (Å²) in [5.74, 6) is 1.54. The third-order valence-corrected chi connectivity index (χ3v) is 5.70. The first-order chi connectivity index (χ1) is 14.2. The van der Waals surface area contributed by atoms with Crippen molar-refractivity contribution in [2.45, 2.75) is 38.6 Å². The first-order valence-corrected chi connectivity index (χ1v) is 10.5. The van der Waals surface area contributed by atoms with E-state index in [0.717, 1.165) is 50.3 Å². The highest BCUT2D eigenvalue weighted by Crippen LogP contribution is 2.35. The molecule has 156 valence electrons. The Kier molecular flexibility index (Phi) is 7.53. The highest BCUT2D eigenvalue weighted by molar-refractivity contribution is 5.95. The van der Waals surface area contributed by atoms with E-state index in [2.05, 4.69) is 35.2 Å². The molecule has 5 heteroatoms. The van der Waals surface area contributed by atoms with Gasteiger partial charge in [-0.2, -0.15) is 0 Å². The van der Waals surface area contributed by atoms with Gasteiger partial charge in [-0.15, -0.1) is 0 Å². The topological polar surface area (TPSA) is 42.0 Å². The summed E-state index contributed by atoms with van der Waals surface area (Å²) in [7, 11) is 3.27. The second-order valence-electron chi connectivity index (χ2n) is 7.46. The Morgan fingerprint density at radius 2 is 1.79 bits per heavy atom. The van der Waals surface area contributed by atoms with Gasteiger partial charge in [0.05, 0.1) is 19.9 Å². The van der Waals surface area contributed by atoms with Crippen LogP contribution in [0.3, 0.4) is 0 Å². The third kappa shape index (κ3) is 5.30. The van der Waals surface area contributed by atoms with Crippen LogP contribution in [0.5, 0.6) is 11.5 Å². The Morgan fingerprint density at radius 1 is 1.07 bits per heavy atom. The van der Waals surface area contributed by atoms with Gasteiger partial charge in [-0.25, -0.2) is 0 Å². The number of carbonyl (C=O) groups excluding carboxylic acids is 1. The van der Waals surface area contributed by atoms with Crippen molar-refractivity contribution in [3.05, 3.63) is 54.1 Å². The van der Waals surface area contributed by atoms with Crippen LogP contribution in [0, 0.1) is 0 Å². The number of hydrogen-bond acceptors (Lipinski definition) is 4. The van der Waals surface area contributed by atoms with E-state index in [9.17, 15) is 4.79 Å². The summed E-state index contributed by atoms with van der Waals surface area (Å²) < 4.78 is 10.9. The van der Waals surface area contributed by atoms with E-state index in [0.29, 0.717) is 12.2 Å². The zero-order valence-electron chi connectivity index (χ0n) is 17.8. The molecule has 2 aromatic rings. The Hall–Kier alpha value is -2.53. The third-order valence-electron chi connectivity index (χ3n) is 5.70. The lowest BCUT2D eigenvalue weighted by molar-refractivity contribution is -0.119. The van der Waals surface area contributed by atoms with Crippen LogP contribution in [0.4, 0.5) is 5.69 Å². The molecule has 0 aromatic heterocycles. The van der Waals surface area contributed by atoms with Crippen LogP contribution >= 0.6 is 0 Å². The van der Waals surface area contributed by atoms with Crippen LogP contribution in [0.25, 0.3) is 0 Å². The molecule has 0 bridgehead atoms.